The number of anilines is 1. The number of carbonyl (C=O) groups excluding carboxylic acids is 1. The largest absolute Gasteiger partial charge is 0.383 e. The fourth-order valence-corrected chi connectivity index (χ4v) is 5.94. The summed E-state index contributed by atoms with van der Waals surface area (Å²) < 4.78 is 20.7. The van der Waals surface area contributed by atoms with E-state index < -0.39 is 11.1 Å². The maximum Gasteiger partial charge on any atom is 0.263 e. The van der Waals surface area contributed by atoms with Gasteiger partial charge in [0.25, 0.3) is 5.56 Å². The van der Waals surface area contributed by atoms with Crippen molar-refractivity contribution in [3.05, 3.63) is 50.9 Å². The lowest BCUT2D eigenvalue weighted by atomic mass is 9.97. The van der Waals surface area contributed by atoms with E-state index in [4.69, 9.17) is 9.72 Å². The Morgan fingerprint density at radius 3 is 2.90 bits per heavy atom. The Bertz CT molecular complexity index is 1170. The second-order valence-corrected chi connectivity index (χ2v) is 9.86. The van der Waals surface area contributed by atoms with Crippen molar-refractivity contribution in [2.75, 3.05) is 19.0 Å². The number of rotatable bonds is 7. The number of hydrogen-bond donors (Lipinski definition) is 1. The standard InChI is InChI=1S/C22H24FN3O3S2/c1-13(19(27)24-16-9-5-4-8-15(16)23)30-22-25-20-18(21(28)26(22)11-12-29-2)14-7-3-6-10-17(14)31-20/h4-5,8-9,13H,3,6-7,10-12H2,1-2H3,(H,24,27). The number of hydrogen-bond acceptors (Lipinski definition) is 6. The van der Waals surface area contributed by atoms with Crippen LogP contribution in [0.4, 0.5) is 10.1 Å². The third-order valence-corrected chi connectivity index (χ3v) is 7.62. The van der Waals surface area contributed by atoms with E-state index in [9.17, 15) is 14.0 Å². The zero-order valence-corrected chi connectivity index (χ0v) is 19.1. The molecular weight excluding hydrogens is 437 g/mol. The van der Waals surface area contributed by atoms with E-state index in [1.807, 2.05) is 0 Å². The number of nitrogens with one attached hydrogen (secondary N) is 1. The molecule has 0 saturated heterocycles. The van der Waals surface area contributed by atoms with E-state index in [0.29, 0.717) is 23.7 Å². The maximum absolute atomic E-state index is 13.9. The van der Waals surface area contributed by atoms with Crippen LogP contribution in [0, 0.1) is 5.82 Å². The summed E-state index contributed by atoms with van der Waals surface area (Å²) in [6.45, 7) is 2.44. The molecule has 1 N–H and O–H groups in total. The van der Waals surface area contributed by atoms with Crippen molar-refractivity contribution in [2.24, 2.45) is 0 Å². The number of thiophene rings is 1. The van der Waals surface area contributed by atoms with Crippen LogP contribution in [-0.4, -0.2) is 34.4 Å². The third kappa shape index (κ3) is 4.53. The van der Waals surface area contributed by atoms with Crippen molar-refractivity contribution >= 4 is 44.9 Å². The van der Waals surface area contributed by atoms with Gasteiger partial charge in [-0.3, -0.25) is 14.2 Å². The Hall–Kier alpha value is -2.23. The van der Waals surface area contributed by atoms with E-state index in [2.05, 4.69) is 5.32 Å². The molecule has 0 spiro atoms. The highest BCUT2D eigenvalue weighted by molar-refractivity contribution is 8.00. The van der Waals surface area contributed by atoms with Crippen LogP contribution in [0.25, 0.3) is 10.2 Å². The monoisotopic (exact) mass is 461 g/mol. The lowest BCUT2D eigenvalue weighted by Gasteiger charge is -2.16. The first kappa shape index (κ1) is 22.0. The fourth-order valence-electron chi connectivity index (χ4n) is 3.70. The number of thioether (sulfide) groups is 1. The first-order chi connectivity index (χ1) is 15.0. The summed E-state index contributed by atoms with van der Waals surface area (Å²) >= 11 is 2.78. The number of halogens is 1. The third-order valence-electron chi connectivity index (χ3n) is 5.34. The highest BCUT2D eigenvalue weighted by Gasteiger charge is 2.24. The molecular formula is C22H24FN3O3S2. The zero-order chi connectivity index (χ0) is 22.0. The molecule has 1 aliphatic carbocycles. The van der Waals surface area contributed by atoms with Gasteiger partial charge in [0.15, 0.2) is 5.16 Å². The number of carbonyl (C=O) groups is 1. The number of amides is 1. The van der Waals surface area contributed by atoms with E-state index in [1.54, 1.807) is 42.1 Å². The van der Waals surface area contributed by atoms with Gasteiger partial charge < -0.3 is 10.1 Å². The first-order valence-electron chi connectivity index (χ1n) is 10.3. The number of benzene rings is 1. The number of para-hydroxylation sites is 1. The number of aromatic nitrogens is 2. The number of fused-ring (bicyclic) bond motifs is 3. The molecule has 2 heterocycles. The molecule has 1 amide bonds. The van der Waals surface area contributed by atoms with Gasteiger partial charge in [-0.15, -0.1) is 11.3 Å². The SMILES string of the molecule is COCCn1c(SC(C)C(=O)Nc2ccccc2F)nc2sc3c(c2c1=O)CCCC3. The van der Waals surface area contributed by atoms with Gasteiger partial charge in [0.2, 0.25) is 5.91 Å². The van der Waals surface area contributed by atoms with Gasteiger partial charge in [0.1, 0.15) is 10.6 Å². The van der Waals surface area contributed by atoms with Crippen molar-refractivity contribution in [1.82, 2.24) is 9.55 Å². The molecule has 4 rings (SSSR count). The zero-order valence-electron chi connectivity index (χ0n) is 17.4. The molecule has 1 aliphatic rings. The average molecular weight is 462 g/mol. The molecule has 31 heavy (non-hydrogen) atoms. The van der Waals surface area contributed by atoms with Crippen LogP contribution in [0.15, 0.2) is 34.2 Å². The van der Waals surface area contributed by atoms with Crippen LogP contribution in [-0.2, 0) is 28.9 Å². The molecule has 0 bridgehead atoms. The van der Waals surface area contributed by atoms with Crippen molar-refractivity contribution in [2.45, 2.75) is 49.6 Å². The molecule has 1 unspecified atom stereocenters. The van der Waals surface area contributed by atoms with Gasteiger partial charge in [-0.05, 0) is 50.3 Å². The average Bonchev–Trinajstić information content (AvgIpc) is 3.13. The molecule has 0 fully saturated rings. The van der Waals surface area contributed by atoms with Gasteiger partial charge in [0, 0.05) is 12.0 Å². The minimum atomic E-state index is -0.577. The van der Waals surface area contributed by atoms with Gasteiger partial charge in [-0.25, -0.2) is 9.37 Å². The topological polar surface area (TPSA) is 73.2 Å². The maximum atomic E-state index is 13.9. The Kier molecular flexibility index (Phi) is 6.74. The minimum absolute atomic E-state index is 0.0781. The Labute approximate surface area is 187 Å². The molecule has 0 aliphatic heterocycles. The van der Waals surface area contributed by atoms with Crippen LogP contribution >= 0.6 is 23.1 Å². The highest BCUT2D eigenvalue weighted by Crippen LogP contribution is 2.35. The lowest BCUT2D eigenvalue weighted by molar-refractivity contribution is -0.115. The summed E-state index contributed by atoms with van der Waals surface area (Å²) in [7, 11) is 1.58. The van der Waals surface area contributed by atoms with Gasteiger partial charge in [-0.1, -0.05) is 23.9 Å². The molecule has 9 heteroatoms. The van der Waals surface area contributed by atoms with Crippen LogP contribution < -0.4 is 10.9 Å². The van der Waals surface area contributed by atoms with Crippen molar-refractivity contribution in [1.29, 1.82) is 0 Å². The second-order valence-electron chi connectivity index (χ2n) is 7.46. The van der Waals surface area contributed by atoms with Gasteiger partial charge >= 0.3 is 0 Å². The second kappa shape index (κ2) is 9.50. The lowest BCUT2D eigenvalue weighted by Crippen LogP contribution is -2.28. The van der Waals surface area contributed by atoms with E-state index >= 15 is 0 Å². The molecule has 164 valence electrons. The molecule has 0 radical (unpaired) electrons. The Balaban J connectivity index is 1.66. The minimum Gasteiger partial charge on any atom is -0.383 e. The van der Waals surface area contributed by atoms with Gasteiger partial charge in [-0.2, -0.15) is 0 Å². The summed E-state index contributed by atoms with van der Waals surface area (Å²) in [4.78, 5) is 32.8. The predicted octanol–water partition coefficient (Wildman–Crippen LogP) is 4.24. The number of methoxy groups -OCH3 is 1. The highest BCUT2D eigenvalue weighted by atomic mass is 32.2. The molecule has 1 atom stereocenters. The van der Waals surface area contributed by atoms with Gasteiger partial charge in [0.05, 0.1) is 29.5 Å². The number of aryl methyl sites for hydroxylation is 2. The summed E-state index contributed by atoms with van der Waals surface area (Å²) in [5, 5.41) is 3.22. The molecule has 1 aromatic carbocycles. The van der Waals surface area contributed by atoms with Crippen molar-refractivity contribution in [3.8, 4) is 0 Å². The number of ether oxygens (including phenoxy) is 1. The van der Waals surface area contributed by atoms with E-state index in [-0.39, 0.29) is 17.2 Å². The van der Waals surface area contributed by atoms with Crippen molar-refractivity contribution < 1.29 is 13.9 Å². The number of nitrogens with zero attached hydrogens (tertiary/aromatic N) is 2. The molecule has 2 aromatic heterocycles. The summed E-state index contributed by atoms with van der Waals surface area (Å²) in [5.41, 5.74) is 1.19. The van der Waals surface area contributed by atoms with Crippen LogP contribution in [0.3, 0.4) is 0 Å². The summed E-state index contributed by atoms with van der Waals surface area (Å²) in [6, 6.07) is 6.04. The van der Waals surface area contributed by atoms with Crippen LogP contribution in [0.2, 0.25) is 0 Å². The summed E-state index contributed by atoms with van der Waals surface area (Å²) in [6.07, 6.45) is 4.11. The molecule has 0 saturated carbocycles. The smallest absolute Gasteiger partial charge is 0.263 e. The van der Waals surface area contributed by atoms with Crippen LogP contribution in [0.1, 0.15) is 30.2 Å². The van der Waals surface area contributed by atoms with E-state index in [0.717, 1.165) is 36.1 Å². The normalized spacial score (nSPS) is 14.4. The van der Waals surface area contributed by atoms with Crippen molar-refractivity contribution in [3.63, 3.8) is 0 Å². The first-order valence-corrected chi connectivity index (χ1v) is 11.9. The summed E-state index contributed by atoms with van der Waals surface area (Å²) in [5.74, 6) is -0.845. The molecule has 6 nitrogen and oxygen atoms in total. The molecule has 3 aromatic rings. The quantitative estimate of drug-likeness (QED) is 0.421. The van der Waals surface area contributed by atoms with Crippen LogP contribution in [0.5, 0.6) is 0 Å². The predicted molar refractivity (Wildman–Crippen MR) is 123 cm³/mol. The Morgan fingerprint density at radius 1 is 1.35 bits per heavy atom. The fraction of sp³-hybridized carbons (Fsp3) is 0.409. The van der Waals surface area contributed by atoms with E-state index in [1.165, 1.54) is 28.8 Å². The Morgan fingerprint density at radius 2 is 2.13 bits per heavy atom.